The molecule has 0 bridgehead atoms. The lowest BCUT2D eigenvalue weighted by atomic mass is 10.9. The molecular weight excluding hydrogens is 276 g/mol. The average molecular weight is 307 g/mol. The zero-order chi connectivity index (χ0) is 13.9. The van der Waals surface area contributed by atoms with Gasteiger partial charge in [-0.1, -0.05) is 39.8 Å². The van der Waals surface area contributed by atoms with Crippen molar-refractivity contribution in [2.24, 2.45) is 0 Å². The Bertz CT molecular complexity index is 239. The van der Waals surface area contributed by atoms with E-state index in [-0.39, 0.29) is 0 Å². The zero-order valence-electron chi connectivity index (χ0n) is 13.0. The fourth-order valence-corrected chi connectivity index (χ4v) is 44.9. The smallest absolute Gasteiger partial charge is 0.318 e. The summed E-state index contributed by atoms with van der Waals surface area (Å²) in [4.78, 5) is 0. The first-order valence-electron chi connectivity index (χ1n) is 7.31. The standard InChI is InChI=1S/C12H30O3Si3/c1-7-16(8-2)15-11-12-18(13-5,14-6)17(16,9-3)10-4/h7-12H2,1-6H3. The molecule has 1 fully saturated rings. The molecular formula is C12H30O3Si3. The van der Waals surface area contributed by atoms with Gasteiger partial charge in [-0.2, -0.15) is 0 Å². The molecule has 0 unspecified atom stereocenters. The predicted octanol–water partition coefficient (Wildman–Crippen LogP) is 3.38. The molecule has 1 aliphatic rings. The highest BCUT2D eigenvalue weighted by molar-refractivity contribution is 7.66. The third kappa shape index (κ3) is 2.01. The van der Waals surface area contributed by atoms with E-state index in [0.717, 1.165) is 12.7 Å². The summed E-state index contributed by atoms with van der Waals surface area (Å²) in [5.41, 5.74) is 0. The van der Waals surface area contributed by atoms with E-state index in [1.54, 1.807) is 0 Å². The van der Waals surface area contributed by atoms with E-state index in [1.807, 2.05) is 14.2 Å². The molecule has 1 aliphatic heterocycles. The van der Waals surface area contributed by atoms with E-state index < -0.39 is 23.0 Å². The predicted molar refractivity (Wildman–Crippen MR) is 84.0 cm³/mol. The Labute approximate surface area is 115 Å². The van der Waals surface area contributed by atoms with Crippen LogP contribution < -0.4 is 0 Å². The van der Waals surface area contributed by atoms with Gasteiger partial charge in [0.05, 0.1) is 0 Å². The molecule has 0 amide bonds. The summed E-state index contributed by atoms with van der Waals surface area (Å²) in [5.74, 6) is 0. The van der Waals surface area contributed by atoms with E-state index >= 15 is 0 Å². The molecule has 0 aliphatic carbocycles. The molecule has 0 aromatic heterocycles. The molecule has 0 aromatic carbocycles. The maximum Gasteiger partial charge on any atom is 0.318 e. The van der Waals surface area contributed by atoms with Crippen molar-refractivity contribution in [2.45, 2.75) is 57.9 Å². The molecule has 3 nitrogen and oxygen atoms in total. The van der Waals surface area contributed by atoms with Crippen LogP contribution in [0.2, 0.25) is 30.2 Å². The van der Waals surface area contributed by atoms with E-state index in [0.29, 0.717) is 0 Å². The van der Waals surface area contributed by atoms with Crippen LogP contribution in [0.25, 0.3) is 0 Å². The van der Waals surface area contributed by atoms with Crippen molar-refractivity contribution in [2.75, 3.05) is 20.8 Å². The highest BCUT2D eigenvalue weighted by Crippen LogP contribution is 2.45. The summed E-state index contributed by atoms with van der Waals surface area (Å²) in [6, 6.07) is 6.05. The third-order valence-corrected chi connectivity index (χ3v) is 42.2. The third-order valence-electron chi connectivity index (χ3n) is 5.42. The molecule has 1 rings (SSSR count). The molecule has 1 heterocycles. The molecule has 18 heavy (non-hydrogen) atoms. The van der Waals surface area contributed by atoms with Gasteiger partial charge in [0.2, 0.25) is 0 Å². The first-order chi connectivity index (χ1) is 8.57. The second kappa shape index (κ2) is 6.32. The number of hydrogen-bond donors (Lipinski definition) is 0. The summed E-state index contributed by atoms with van der Waals surface area (Å²) >= 11 is 0. The summed E-state index contributed by atoms with van der Waals surface area (Å²) < 4.78 is 18.7. The van der Waals surface area contributed by atoms with Crippen LogP contribution >= 0.6 is 0 Å². The van der Waals surface area contributed by atoms with Crippen LogP contribution in [0.1, 0.15) is 27.7 Å². The van der Waals surface area contributed by atoms with Crippen LogP contribution in [0, 0.1) is 0 Å². The van der Waals surface area contributed by atoms with Gasteiger partial charge in [0, 0.05) is 26.9 Å². The van der Waals surface area contributed by atoms with Crippen LogP contribution in [-0.4, -0.2) is 43.8 Å². The quantitative estimate of drug-likeness (QED) is 0.704. The Balaban J connectivity index is 3.37. The minimum atomic E-state index is -2.01. The summed E-state index contributed by atoms with van der Waals surface area (Å²) in [5, 5.41) is 0. The minimum absolute atomic E-state index is 0.872. The van der Waals surface area contributed by atoms with Crippen LogP contribution in [0.5, 0.6) is 0 Å². The molecule has 6 heteroatoms. The topological polar surface area (TPSA) is 27.7 Å². The SMILES string of the molecule is CC[Si]1(CC)OCC[Si](OC)(OC)[Si]1(CC)CC. The maximum atomic E-state index is 6.50. The molecule has 0 spiro atoms. The largest absolute Gasteiger partial charge is 0.420 e. The second-order valence-corrected chi connectivity index (χ2v) is 27.6. The molecule has 0 N–H and O–H groups in total. The van der Waals surface area contributed by atoms with E-state index in [2.05, 4.69) is 27.7 Å². The monoisotopic (exact) mass is 306 g/mol. The summed E-state index contributed by atoms with van der Waals surface area (Å²) in [6.07, 6.45) is 0. The van der Waals surface area contributed by atoms with E-state index in [9.17, 15) is 0 Å². The maximum absolute atomic E-state index is 6.50. The molecule has 108 valence electrons. The van der Waals surface area contributed by atoms with Crippen molar-refractivity contribution in [3.05, 3.63) is 0 Å². The minimum Gasteiger partial charge on any atom is -0.420 e. The van der Waals surface area contributed by atoms with Gasteiger partial charge in [0.15, 0.2) is 7.83 Å². The van der Waals surface area contributed by atoms with Crippen LogP contribution in [-0.2, 0) is 13.3 Å². The van der Waals surface area contributed by atoms with Gasteiger partial charge in [0.1, 0.15) is 7.11 Å². The van der Waals surface area contributed by atoms with Crippen molar-refractivity contribution in [3.63, 3.8) is 0 Å². The van der Waals surface area contributed by atoms with Crippen molar-refractivity contribution < 1.29 is 13.3 Å². The molecule has 0 aromatic rings. The fourth-order valence-electron chi connectivity index (χ4n) is 4.35. The first-order valence-corrected chi connectivity index (χ1v) is 16.1. The van der Waals surface area contributed by atoms with Gasteiger partial charge in [-0.05, 0) is 12.1 Å². The van der Waals surface area contributed by atoms with Crippen LogP contribution in [0.3, 0.4) is 0 Å². The number of rotatable bonds is 6. The van der Waals surface area contributed by atoms with Gasteiger partial charge >= 0.3 is 8.08 Å². The van der Waals surface area contributed by atoms with Crippen molar-refractivity contribution in [1.82, 2.24) is 0 Å². The van der Waals surface area contributed by atoms with Gasteiger partial charge in [-0.3, -0.25) is 0 Å². The lowest BCUT2D eigenvalue weighted by Crippen LogP contribution is -2.82. The van der Waals surface area contributed by atoms with Gasteiger partial charge in [0.25, 0.3) is 0 Å². The molecule has 0 radical (unpaired) electrons. The van der Waals surface area contributed by atoms with Crippen molar-refractivity contribution >= 4 is 23.0 Å². The van der Waals surface area contributed by atoms with Gasteiger partial charge in [-0.25, -0.2) is 0 Å². The normalized spacial score (nSPS) is 25.0. The highest BCUT2D eigenvalue weighted by Gasteiger charge is 2.70. The molecule has 0 atom stereocenters. The molecule has 0 saturated carbocycles. The first kappa shape index (κ1) is 16.6. The van der Waals surface area contributed by atoms with Gasteiger partial charge in [-0.15, -0.1) is 0 Å². The summed E-state index contributed by atoms with van der Waals surface area (Å²) in [6.45, 7) is 10.3. The lowest BCUT2D eigenvalue weighted by Gasteiger charge is -2.56. The lowest BCUT2D eigenvalue weighted by molar-refractivity contribution is 0.234. The van der Waals surface area contributed by atoms with Crippen LogP contribution in [0.4, 0.5) is 0 Å². The fraction of sp³-hybridized carbons (Fsp3) is 1.00. The van der Waals surface area contributed by atoms with Crippen LogP contribution in [0.15, 0.2) is 0 Å². The van der Waals surface area contributed by atoms with Gasteiger partial charge < -0.3 is 13.3 Å². The van der Waals surface area contributed by atoms with E-state index in [1.165, 1.54) is 24.2 Å². The second-order valence-electron chi connectivity index (χ2n) is 5.25. The zero-order valence-corrected chi connectivity index (χ0v) is 16.0. The number of hydrogen-bond acceptors (Lipinski definition) is 3. The Hall–Kier alpha value is 0.531. The van der Waals surface area contributed by atoms with Crippen molar-refractivity contribution in [1.29, 1.82) is 0 Å². The Morgan fingerprint density at radius 1 is 0.889 bits per heavy atom. The Morgan fingerprint density at radius 3 is 1.72 bits per heavy atom. The average Bonchev–Trinajstić information content (AvgIpc) is 2.45. The Kier molecular flexibility index (Phi) is 5.82. The highest BCUT2D eigenvalue weighted by atomic mass is 29.7. The van der Waals surface area contributed by atoms with Crippen molar-refractivity contribution in [3.8, 4) is 0 Å². The summed E-state index contributed by atoms with van der Waals surface area (Å²) in [7, 11) is -1.45. The van der Waals surface area contributed by atoms with E-state index in [4.69, 9.17) is 13.3 Å². The Morgan fingerprint density at radius 2 is 1.39 bits per heavy atom. The molecule has 1 saturated heterocycles.